The van der Waals surface area contributed by atoms with Crippen LogP contribution in [0.25, 0.3) is 0 Å². The Morgan fingerprint density at radius 3 is 2.62 bits per heavy atom. The molecule has 24 heavy (non-hydrogen) atoms. The molecule has 7 heteroatoms. The fraction of sp³-hybridized carbons (Fsp3) is 0.176. The van der Waals surface area contributed by atoms with Gasteiger partial charge in [-0.05, 0) is 48.7 Å². The molecule has 2 aromatic rings. The predicted molar refractivity (Wildman–Crippen MR) is 90.2 cm³/mol. The molecular weight excluding hydrogens is 310 g/mol. The van der Waals surface area contributed by atoms with Crippen LogP contribution in [0, 0.1) is 24.0 Å². The van der Waals surface area contributed by atoms with Crippen molar-refractivity contribution in [3.05, 3.63) is 69.3 Å². The first kappa shape index (κ1) is 17.1. The van der Waals surface area contributed by atoms with Crippen molar-refractivity contribution in [1.29, 1.82) is 0 Å². The molecule has 0 unspecified atom stereocenters. The Bertz CT molecular complexity index is 770. The summed E-state index contributed by atoms with van der Waals surface area (Å²) >= 11 is 0. The molecule has 2 aromatic carbocycles. The molecule has 0 saturated heterocycles. The number of hydrogen-bond acceptors (Lipinski definition) is 5. The van der Waals surface area contributed by atoms with Crippen LogP contribution in [0.2, 0.25) is 0 Å². The van der Waals surface area contributed by atoms with Crippen molar-refractivity contribution in [2.24, 2.45) is 5.10 Å². The summed E-state index contributed by atoms with van der Waals surface area (Å²) in [4.78, 5) is 21.8. The largest absolute Gasteiger partial charge is 0.483 e. The monoisotopic (exact) mass is 327 g/mol. The van der Waals surface area contributed by atoms with E-state index >= 15 is 0 Å². The molecular formula is C17H17N3O4. The van der Waals surface area contributed by atoms with Gasteiger partial charge in [0.2, 0.25) is 0 Å². The van der Waals surface area contributed by atoms with Crippen molar-refractivity contribution < 1.29 is 14.5 Å². The number of nitrogens with zero attached hydrogens (tertiary/aromatic N) is 2. The number of amides is 1. The molecule has 0 bridgehead atoms. The number of aryl methyl sites for hydroxylation is 2. The molecule has 0 aromatic heterocycles. The first-order chi connectivity index (χ1) is 11.5. The summed E-state index contributed by atoms with van der Waals surface area (Å²) in [5, 5.41) is 14.3. The number of nitrogens with one attached hydrogen (secondary N) is 1. The third kappa shape index (κ3) is 4.91. The number of benzene rings is 2. The van der Waals surface area contributed by atoms with E-state index in [0.29, 0.717) is 11.3 Å². The smallest absolute Gasteiger partial charge is 0.277 e. The number of carbonyl (C=O) groups excluding carboxylic acids is 1. The Kier molecular flexibility index (Phi) is 5.62. The van der Waals surface area contributed by atoms with E-state index in [9.17, 15) is 14.9 Å². The van der Waals surface area contributed by atoms with E-state index in [1.54, 1.807) is 12.1 Å². The molecule has 0 aliphatic heterocycles. The first-order valence-electron chi connectivity index (χ1n) is 7.22. The fourth-order valence-electron chi connectivity index (χ4n) is 1.90. The minimum Gasteiger partial charge on any atom is -0.483 e. The number of ether oxygens (including phenoxy) is 1. The lowest BCUT2D eigenvalue weighted by Crippen LogP contribution is -2.24. The summed E-state index contributed by atoms with van der Waals surface area (Å²) in [6.45, 7) is 3.70. The van der Waals surface area contributed by atoms with E-state index in [-0.39, 0.29) is 12.3 Å². The van der Waals surface area contributed by atoms with Crippen LogP contribution in [0.5, 0.6) is 5.75 Å². The van der Waals surface area contributed by atoms with Crippen molar-refractivity contribution in [2.75, 3.05) is 6.61 Å². The molecule has 2 rings (SSSR count). The lowest BCUT2D eigenvalue weighted by atomic mass is 10.1. The third-order valence-electron chi connectivity index (χ3n) is 3.21. The Balaban J connectivity index is 1.84. The molecule has 0 saturated carbocycles. The van der Waals surface area contributed by atoms with E-state index in [2.05, 4.69) is 10.5 Å². The standard InChI is InChI=1S/C17H17N3O4/c1-12-3-4-13(2)16(9-12)24-11-17(21)19-18-10-14-5-7-15(8-6-14)20(22)23/h3-10H,11H2,1-2H3,(H,19,21)/b18-10+. The molecule has 0 spiro atoms. The van der Waals surface area contributed by atoms with Crippen LogP contribution in [0.1, 0.15) is 16.7 Å². The van der Waals surface area contributed by atoms with Gasteiger partial charge >= 0.3 is 0 Å². The SMILES string of the molecule is Cc1ccc(C)c(OCC(=O)N/N=C/c2ccc([N+](=O)[O-])cc2)c1. The van der Waals surface area contributed by atoms with Gasteiger partial charge in [-0.25, -0.2) is 5.43 Å². The van der Waals surface area contributed by atoms with Gasteiger partial charge in [0.1, 0.15) is 5.75 Å². The summed E-state index contributed by atoms with van der Waals surface area (Å²) in [7, 11) is 0. The molecule has 0 fully saturated rings. The Morgan fingerprint density at radius 1 is 1.25 bits per heavy atom. The quantitative estimate of drug-likeness (QED) is 0.501. The highest BCUT2D eigenvalue weighted by atomic mass is 16.6. The molecule has 1 amide bonds. The van der Waals surface area contributed by atoms with Gasteiger partial charge in [0.05, 0.1) is 11.1 Å². The summed E-state index contributed by atoms with van der Waals surface area (Å²) in [5.74, 6) is 0.263. The number of non-ortho nitro benzene ring substituents is 1. The number of rotatable bonds is 6. The normalized spacial score (nSPS) is 10.6. The molecule has 0 radical (unpaired) electrons. The van der Waals surface area contributed by atoms with Crippen LogP contribution >= 0.6 is 0 Å². The lowest BCUT2D eigenvalue weighted by Gasteiger charge is -2.08. The van der Waals surface area contributed by atoms with Gasteiger partial charge in [0, 0.05) is 12.1 Å². The summed E-state index contributed by atoms with van der Waals surface area (Å²) < 4.78 is 5.46. The second-order valence-electron chi connectivity index (χ2n) is 5.20. The van der Waals surface area contributed by atoms with E-state index in [4.69, 9.17) is 4.74 Å². The van der Waals surface area contributed by atoms with E-state index in [0.717, 1.165) is 11.1 Å². The van der Waals surface area contributed by atoms with E-state index in [1.165, 1.54) is 18.3 Å². The van der Waals surface area contributed by atoms with Crippen molar-refractivity contribution in [2.45, 2.75) is 13.8 Å². The summed E-state index contributed by atoms with van der Waals surface area (Å²) in [6, 6.07) is 11.6. The van der Waals surface area contributed by atoms with Crippen LogP contribution in [0.3, 0.4) is 0 Å². The van der Waals surface area contributed by atoms with Gasteiger partial charge in [0.15, 0.2) is 6.61 Å². The van der Waals surface area contributed by atoms with E-state index in [1.807, 2.05) is 32.0 Å². The predicted octanol–water partition coefficient (Wildman–Crippen LogP) is 2.74. The van der Waals surface area contributed by atoms with Crippen molar-refractivity contribution in [3.8, 4) is 5.75 Å². The number of hydrazone groups is 1. The fourth-order valence-corrected chi connectivity index (χ4v) is 1.90. The molecule has 0 aliphatic rings. The highest BCUT2D eigenvalue weighted by Gasteiger charge is 2.05. The number of nitro groups is 1. The molecule has 0 heterocycles. The van der Waals surface area contributed by atoms with Gasteiger partial charge in [0.25, 0.3) is 11.6 Å². The number of nitro benzene ring substituents is 1. The van der Waals surface area contributed by atoms with Crippen molar-refractivity contribution in [1.82, 2.24) is 5.43 Å². The zero-order chi connectivity index (χ0) is 17.5. The summed E-state index contributed by atoms with van der Waals surface area (Å²) in [6.07, 6.45) is 1.40. The van der Waals surface area contributed by atoms with Crippen molar-refractivity contribution >= 4 is 17.8 Å². The molecule has 0 atom stereocenters. The maximum atomic E-state index is 11.7. The lowest BCUT2D eigenvalue weighted by molar-refractivity contribution is -0.384. The first-order valence-corrected chi connectivity index (χ1v) is 7.22. The average Bonchev–Trinajstić information content (AvgIpc) is 2.56. The highest BCUT2D eigenvalue weighted by molar-refractivity contribution is 5.83. The number of carbonyl (C=O) groups is 1. The van der Waals surface area contributed by atoms with Gasteiger partial charge in [-0.1, -0.05) is 12.1 Å². The second-order valence-corrected chi connectivity index (χ2v) is 5.20. The van der Waals surface area contributed by atoms with Crippen molar-refractivity contribution in [3.63, 3.8) is 0 Å². The summed E-state index contributed by atoms with van der Waals surface area (Å²) in [5.41, 5.74) is 4.97. The minimum absolute atomic E-state index is 0.00175. The molecule has 0 aliphatic carbocycles. The van der Waals surface area contributed by atoms with Crippen LogP contribution < -0.4 is 10.2 Å². The second kappa shape index (κ2) is 7.87. The Hall–Kier alpha value is -3.22. The van der Waals surface area contributed by atoms with Gasteiger partial charge in [-0.2, -0.15) is 5.10 Å². The third-order valence-corrected chi connectivity index (χ3v) is 3.21. The molecule has 1 N–H and O–H groups in total. The van der Waals surface area contributed by atoms with Crippen LogP contribution in [0.15, 0.2) is 47.6 Å². The van der Waals surface area contributed by atoms with E-state index < -0.39 is 10.8 Å². The van der Waals surface area contributed by atoms with Crippen LogP contribution in [-0.2, 0) is 4.79 Å². The minimum atomic E-state index is -0.479. The molecule has 7 nitrogen and oxygen atoms in total. The van der Waals surface area contributed by atoms with Gasteiger partial charge < -0.3 is 4.74 Å². The average molecular weight is 327 g/mol. The van der Waals surface area contributed by atoms with Gasteiger partial charge in [-0.3, -0.25) is 14.9 Å². The molecule has 124 valence electrons. The zero-order valence-corrected chi connectivity index (χ0v) is 13.4. The van der Waals surface area contributed by atoms with Gasteiger partial charge in [-0.15, -0.1) is 0 Å². The Labute approximate surface area is 139 Å². The van der Waals surface area contributed by atoms with Crippen LogP contribution in [-0.4, -0.2) is 23.7 Å². The zero-order valence-electron chi connectivity index (χ0n) is 13.4. The van der Waals surface area contributed by atoms with Crippen LogP contribution in [0.4, 0.5) is 5.69 Å². The Morgan fingerprint density at radius 2 is 1.96 bits per heavy atom. The number of hydrogen-bond donors (Lipinski definition) is 1. The maximum Gasteiger partial charge on any atom is 0.277 e. The topological polar surface area (TPSA) is 93.8 Å². The maximum absolute atomic E-state index is 11.7. The highest BCUT2D eigenvalue weighted by Crippen LogP contribution is 2.18.